The Labute approximate surface area is 80.8 Å². The first kappa shape index (κ1) is 12.2. The summed E-state index contributed by atoms with van der Waals surface area (Å²) in [7, 11) is 2.07. The van der Waals surface area contributed by atoms with Crippen LogP contribution in [0.1, 0.15) is 20.8 Å². The molecule has 0 saturated carbocycles. The second-order valence-corrected chi connectivity index (χ2v) is 3.83. The average molecular weight is 194 g/mol. The molecule has 3 heteroatoms. The maximum Gasteiger partial charge on any atom is 0.0593 e. The molecule has 12 heavy (non-hydrogen) atoms. The molecule has 0 saturated heterocycles. The fraction of sp³-hybridized carbons (Fsp3) is 1.00. The van der Waals surface area contributed by atoms with E-state index in [0.29, 0.717) is 5.88 Å². The zero-order chi connectivity index (χ0) is 9.61. The molecule has 0 fully saturated rings. The highest BCUT2D eigenvalue weighted by atomic mass is 35.5. The fourth-order valence-electron chi connectivity index (χ4n) is 0.751. The molecule has 0 atom stereocenters. The standard InChI is InChI=1S/C9H20ClNO/c1-5-12-7-6-11(4)9(2,3)8-10/h5-8H2,1-4H3. The number of rotatable bonds is 6. The third kappa shape index (κ3) is 4.29. The summed E-state index contributed by atoms with van der Waals surface area (Å²) in [4.78, 5) is 2.22. The molecule has 0 aromatic carbocycles. The van der Waals surface area contributed by atoms with Crippen molar-refractivity contribution >= 4 is 11.6 Å². The van der Waals surface area contributed by atoms with E-state index < -0.39 is 0 Å². The van der Waals surface area contributed by atoms with Gasteiger partial charge in [0.2, 0.25) is 0 Å². The molecule has 74 valence electrons. The third-order valence-electron chi connectivity index (χ3n) is 2.14. The van der Waals surface area contributed by atoms with Crippen LogP contribution < -0.4 is 0 Å². The van der Waals surface area contributed by atoms with Crippen LogP contribution in [0.4, 0.5) is 0 Å². The quantitative estimate of drug-likeness (QED) is 0.473. The van der Waals surface area contributed by atoms with Crippen molar-refractivity contribution in [3.8, 4) is 0 Å². The summed E-state index contributed by atoms with van der Waals surface area (Å²) in [6.07, 6.45) is 0. The van der Waals surface area contributed by atoms with E-state index in [2.05, 4.69) is 25.8 Å². The van der Waals surface area contributed by atoms with Gasteiger partial charge in [0.15, 0.2) is 0 Å². The summed E-state index contributed by atoms with van der Waals surface area (Å²) in [5.41, 5.74) is 0.0681. The maximum absolute atomic E-state index is 5.82. The van der Waals surface area contributed by atoms with E-state index in [9.17, 15) is 0 Å². The number of hydrogen-bond donors (Lipinski definition) is 0. The van der Waals surface area contributed by atoms with Gasteiger partial charge in [-0.05, 0) is 27.8 Å². The predicted molar refractivity (Wildman–Crippen MR) is 53.9 cm³/mol. The third-order valence-corrected chi connectivity index (χ3v) is 2.79. The van der Waals surface area contributed by atoms with Crippen LogP contribution in [0, 0.1) is 0 Å². The van der Waals surface area contributed by atoms with E-state index >= 15 is 0 Å². The number of hydrogen-bond acceptors (Lipinski definition) is 2. The van der Waals surface area contributed by atoms with Crippen LogP contribution >= 0.6 is 11.6 Å². The highest BCUT2D eigenvalue weighted by Gasteiger charge is 2.21. The summed E-state index contributed by atoms with van der Waals surface area (Å²) in [6.45, 7) is 8.78. The zero-order valence-corrected chi connectivity index (χ0v) is 9.32. The van der Waals surface area contributed by atoms with Crippen molar-refractivity contribution < 1.29 is 4.74 Å². The molecule has 0 N–H and O–H groups in total. The second kappa shape index (κ2) is 5.79. The molecule has 0 heterocycles. The zero-order valence-electron chi connectivity index (χ0n) is 8.56. The van der Waals surface area contributed by atoms with E-state index in [0.717, 1.165) is 19.8 Å². The molecule has 0 spiro atoms. The molecule has 0 aliphatic rings. The van der Waals surface area contributed by atoms with Crippen molar-refractivity contribution in [2.24, 2.45) is 0 Å². The summed E-state index contributed by atoms with van der Waals surface area (Å²) >= 11 is 5.82. The van der Waals surface area contributed by atoms with E-state index in [1.165, 1.54) is 0 Å². The predicted octanol–water partition coefficient (Wildman–Crippen LogP) is 1.97. The first-order chi connectivity index (χ1) is 5.54. The Balaban J connectivity index is 3.63. The molecule has 0 rings (SSSR count). The van der Waals surface area contributed by atoms with Crippen molar-refractivity contribution in [3.63, 3.8) is 0 Å². The molecule has 0 amide bonds. The van der Waals surface area contributed by atoms with Crippen LogP contribution in [0.5, 0.6) is 0 Å². The summed E-state index contributed by atoms with van der Waals surface area (Å²) in [5.74, 6) is 0.648. The Kier molecular flexibility index (Phi) is 5.89. The fourth-order valence-corrected chi connectivity index (χ4v) is 0.955. The average Bonchev–Trinajstić information content (AvgIpc) is 2.05. The smallest absolute Gasteiger partial charge is 0.0593 e. The van der Waals surface area contributed by atoms with E-state index in [1.807, 2.05) is 6.92 Å². The molecular weight excluding hydrogens is 174 g/mol. The monoisotopic (exact) mass is 193 g/mol. The van der Waals surface area contributed by atoms with Gasteiger partial charge < -0.3 is 4.74 Å². The van der Waals surface area contributed by atoms with Gasteiger partial charge in [0.25, 0.3) is 0 Å². The van der Waals surface area contributed by atoms with Crippen molar-refractivity contribution in [1.82, 2.24) is 4.90 Å². The highest BCUT2D eigenvalue weighted by molar-refractivity contribution is 6.18. The van der Waals surface area contributed by atoms with Crippen LogP contribution in [0.25, 0.3) is 0 Å². The number of nitrogens with zero attached hydrogens (tertiary/aromatic N) is 1. The Morgan fingerprint density at radius 1 is 1.42 bits per heavy atom. The van der Waals surface area contributed by atoms with Gasteiger partial charge in [-0.2, -0.15) is 0 Å². The number of ether oxygens (including phenoxy) is 1. The lowest BCUT2D eigenvalue weighted by atomic mass is 10.1. The van der Waals surface area contributed by atoms with E-state index in [4.69, 9.17) is 16.3 Å². The van der Waals surface area contributed by atoms with Gasteiger partial charge in [0.1, 0.15) is 0 Å². The van der Waals surface area contributed by atoms with Crippen LogP contribution in [-0.4, -0.2) is 43.1 Å². The largest absolute Gasteiger partial charge is 0.380 e. The first-order valence-electron chi connectivity index (χ1n) is 4.39. The Bertz CT molecular complexity index is 117. The van der Waals surface area contributed by atoms with Crippen LogP contribution in [0.15, 0.2) is 0 Å². The lowest BCUT2D eigenvalue weighted by molar-refractivity contribution is 0.0889. The molecule has 0 bridgehead atoms. The molecule has 0 unspecified atom stereocenters. The number of halogens is 1. The van der Waals surface area contributed by atoms with E-state index in [-0.39, 0.29) is 5.54 Å². The topological polar surface area (TPSA) is 12.5 Å². The van der Waals surface area contributed by atoms with Gasteiger partial charge in [0, 0.05) is 24.6 Å². The molecular formula is C9H20ClNO. The minimum absolute atomic E-state index is 0.0681. The molecule has 0 aliphatic carbocycles. The lowest BCUT2D eigenvalue weighted by Crippen LogP contribution is -2.44. The van der Waals surface area contributed by atoms with Gasteiger partial charge in [-0.1, -0.05) is 0 Å². The Morgan fingerprint density at radius 2 is 2.00 bits per heavy atom. The molecule has 0 radical (unpaired) electrons. The maximum atomic E-state index is 5.82. The minimum Gasteiger partial charge on any atom is -0.380 e. The number of alkyl halides is 1. The summed E-state index contributed by atoms with van der Waals surface area (Å²) in [5, 5.41) is 0. The van der Waals surface area contributed by atoms with E-state index in [1.54, 1.807) is 0 Å². The molecule has 0 aliphatic heterocycles. The van der Waals surface area contributed by atoms with Crippen LogP contribution in [0.3, 0.4) is 0 Å². The van der Waals surface area contributed by atoms with Gasteiger partial charge in [-0.3, -0.25) is 4.90 Å². The van der Waals surface area contributed by atoms with Crippen LogP contribution in [-0.2, 0) is 4.74 Å². The Morgan fingerprint density at radius 3 is 2.42 bits per heavy atom. The second-order valence-electron chi connectivity index (χ2n) is 3.56. The lowest BCUT2D eigenvalue weighted by Gasteiger charge is -2.33. The van der Waals surface area contributed by atoms with Crippen molar-refractivity contribution in [2.45, 2.75) is 26.3 Å². The molecule has 0 aromatic rings. The molecule has 2 nitrogen and oxygen atoms in total. The first-order valence-corrected chi connectivity index (χ1v) is 4.93. The summed E-state index contributed by atoms with van der Waals surface area (Å²) < 4.78 is 5.26. The SMILES string of the molecule is CCOCCN(C)C(C)(C)CCl. The van der Waals surface area contributed by atoms with Crippen LogP contribution in [0.2, 0.25) is 0 Å². The van der Waals surface area contributed by atoms with Crippen molar-refractivity contribution in [1.29, 1.82) is 0 Å². The van der Waals surface area contributed by atoms with Gasteiger partial charge in [0.05, 0.1) is 6.61 Å². The van der Waals surface area contributed by atoms with Gasteiger partial charge in [-0.25, -0.2) is 0 Å². The number of likely N-dealkylation sites (N-methyl/N-ethyl adjacent to an activating group) is 1. The van der Waals surface area contributed by atoms with Gasteiger partial charge >= 0.3 is 0 Å². The minimum atomic E-state index is 0.0681. The molecule has 0 aromatic heterocycles. The Hall–Kier alpha value is 0.210. The highest BCUT2D eigenvalue weighted by Crippen LogP contribution is 2.13. The van der Waals surface area contributed by atoms with Gasteiger partial charge in [-0.15, -0.1) is 11.6 Å². The summed E-state index contributed by atoms with van der Waals surface area (Å²) in [6, 6.07) is 0. The normalized spacial score (nSPS) is 12.5. The van der Waals surface area contributed by atoms with Crippen molar-refractivity contribution in [2.75, 3.05) is 32.7 Å². The van der Waals surface area contributed by atoms with Crippen molar-refractivity contribution in [3.05, 3.63) is 0 Å².